The largest absolute Gasteiger partial charge is 0.387 e. The Bertz CT molecular complexity index is 1210. The molecule has 1 amide bonds. The Labute approximate surface area is 179 Å². The predicted octanol–water partition coefficient (Wildman–Crippen LogP) is 4.00. The number of carbonyl (C=O) groups is 1. The second kappa shape index (κ2) is 8.36. The first-order valence-corrected chi connectivity index (χ1v) is 10.2. The van der Waals surface area contributed by atoms with Gasteiger partial charge in [-0.1, -0.05) is 13.3 Å². The van der Waals surface area contributed by atoms with E-state index in [1.165, 1.54) is 0 Å². The molecule has 1 aliphatic carbocycles. The third-order valence-corrected chi connectivity index (χ3v) is 5.43. The lowest BCUT2D eigenvalue weighted by Gasteiger charge is -2.13. The molecule has 4 rings (SSSR count). The molecule has 0 saturated heterocycles. The Kier molecular flexibility index (Phi) is 5.61. The number of hydrogen-bond donors (Lipinski definition) is 2. The average Bonchev–Trinajstić information content (AvgIpc) is 3.49. The van der Waals surface area contributed by atoms with Crippen molar-refractivity contribution in [2.45, 2.75) is 45.4 Å². The van der Waals surface area contributed by atoms with Gasteiger partial charge in [-0.05, 0) is 37.5 Å². The zero-order chi connectivity index (χ0) is 22.1. The molecule has 0 aliphatic heterocycles. The number of nitriles is 1. The number of pyridine rings is 3. The average molecular weight is 419 g/mol. The van der Waals surface area contributed by atoms with Gasteiger partial charge in [0.15, 0.2) is 0 Å². The minimum Gasteiger partial charge on any atom is -0.387 e. The quantitative estimate of drug-likeness (QED) is 0.625. The number of amides is 1. The Balaban J connectivity index is 1.68. The first kappa shape index (κ1) is 20.8. The maximum Gasteiger partial charge on any atom is 0.231 e. The van der Waals surface area contributed by atoms with Crippen LogP contribution in [0.3, 0.4) is 0 Å². The first-order chi connectivity index (χ1) is 14.9. The van der Waals surface area contributed by atoms with Crippen molar-refractivity contribution < 1.29 is 14.3 Å². The zero-order valence-electron chi connectivity index (χ0n) is 17.3. The number of aryl methyl sites for hydroxylation is 1. The molecule has 7 nitrogen and oxygen atoms in total. The number of nitrogens with one attached hydrogen (secondary N) is 1. The Morgan fingerprint density at radius 2 is 2.10 bits per heavy atom. The summed E-state index contributed by atoms with van der Waals surface area (Å²) in [4.78, 5) is 25.0. The number of aromatic nitrogens is 3. The second-order valence-electron chi connectivity index (χ2n) is 7.83. The van der Waals surface area contributed by atoms with E-state index in [4.69, 9.17) is 0 Å². The highest BCUT2D eigenvalue weighted by Gasteiger charge is 2.43. The minimum absolute atomic E-state index is 0.216. The highest BCUT2D eigenvalue weighted by molar-refractivity contribution is 5.96. The maximum atomic E-state index is 13.1. The maximum absolute atomic E-state index is 13.1. The number of carbonyl (C=O) groups excluding carboxylic acids is 1. The van der Waals surface area contributed by atoms with E-state index < -0.39 is 24.1 Å². The third kappa shape index (κ3) is 4.23. The number of nitrogens with zero attached hydrogens (tertiary/aromatic N) is 4. The molecule has 1 saturated carbocycles. The highest BCUT2D eigenvalue weighted by atomic mass is 19.1. The van der Waals surface area contributed by atoms with E-state index in [1.54, 1.807) is 18.5 Å². The third-order valence-electron chi connectivity index (χ3n) is 5.43. The van der Waals surface area contributed by atoms with Crippen LogP contribution in [0.1, 0.15) is 49.2 Å². The van der Waals surface area contributed by atoms with Crippen molar-refractivity contribution in [3.8, 4) is 17.2 Å². The van der Waals surface area contributed by atoms with Crippen molar-refractivity contribution in [2.75, 3.05) is 5.32 Å². The number of alkyl halides is 1. The molecule has 31 heavy (non-hydrogen) atoms. The fourth-order valence-corrected chi connectivity index (χ4v) is 3.54. The van der Waals surface area contributed by atoms with Gasteiger partial charge >= 0.3 is 0 Å². The van der Waals surface area contributed by atoms with E-state index in [2.05, 4.69) is 26.3 Å². The van der Waals surface area contributed by atoms with E-state index in [1.807, 2.05) is 26.0 Å². The van der Waals surface area contributed by atoms with E-state index in [9.17, 15) is 19.6 Å². The summed E-state index contributed by atoms with van der Waals surface area (Å²) in [7, 11) is 0. The van der Waals surface area contributed by atoms with Gasteiger partial charge in [-0.2, -0.15) is 5.26 Å². The van der Waals surface area contributed by atoms with Crippen LogP contribution in [-0.2, 0) is 4.79 Å². The number of anilines is 1. The van der Waals surface area contributed by atoms with Gasteiger partial charge in [0.25, 0.3) is 0 Å². The highest BCUT2D eigenvalue weighted by Crippen LogP contribution is 2.35. The summed E-state index contributed by atoms with van der Waals surface area (Å²) in [6.07, 6.45) is 3.22. The van der Waals surface area contributed by atoms with Crippen LogP contribution in [0.2, 0.25) is 0 Å². The van der Waals surface area contributed by atoms with Crippen molar-refractivity contribution in [1.29, 1.82) is 5.26 Å². The van der Waals surface area contributed by atoms with Crippen LogP contribution in [0.15, 0.2) is 30.6 Å². The summed E-state index contributed by atoms with van der Waals surface area (Å²) in [5.41, 5.74) is 3.56. The van der Waals surface area contributed by atoms with E-state index in [-0.39, 0.29) is 17.9 Å². The molecule has 3 atom stereocenters. The van der Waals surface area contributed by atoms with Crippen LogP contribution in [0.4, 0.5) is 10.2 Å². The van der Waals surface area contributed by atoms with Crippen molar-refractivity contribution in [2.24, 2.45) is 5.92 Å². The lowest BCUT2D eigenvalue weighted by Crippen LogP contribution is -2.15. The van der Waals surface area contributed by atoms with Gasteiger partial charge < -0.3 is 10.4 Å². The molecule has 158 valence electrons. The Morgan fingerprint density at radius 1 is 1.32 bits per heavy atom. The molecule has 0 unspecified atom stereocenters. The molecule has 3 aromatic rings. The molecule has 1 aliphatic rings. The normalized spacial score (nSPS) is 18.4. The molecule has 0 radical (unpaired) electrons. The van der Waals surface area contributed by atoms with Gasteiger partial charge in [0.1, 0.15) is 23.8 Å². The van der Waals surface area contributed by atoms with Gasteiger partial charge in [0.2, 0.25) is 5.91 Å². The topological polar surface area (TPSA) is 112 Å². The summed E-state index contributed by atoms with van der Waals surface area (Å²) in [5, 5.41) is 23.2. The van der Waals surface area contributed by atoms with Gasteiger partial charge in [-0.15, -0.1) is 0 Å². The predicted molar refractivity (Wildman–Crippen MR) is 114 cm³/mol. The molecule has 3 aromatic heterocycles. The molecular weight excluding hydrogens is 397 g/mol. The fourth-order valence-electron chi connectivity index (χ4n) is 3.54. The van der Waals surface area contributed by atoms with Crippen LogP contribution >= 0.6 is 0 Å². The van der Waals surface area contributed by atoms with Crippen molar-refractivity contribution in [1.82, 2.24) is 15.0 Å². The molecule has 0 spiro atoms. The Hall–Kier alpha value is -3.44. The van der Waals surface area contributed by atoms with Crippen LogP contribution in [0.5, 0.6) is 0 Å². The van der Waals surface area contributed by atoms with Crippen LogP contribution < -0.4 is 5.32 Å². The number of aliphatic hydroxyl groups excluding tert-OH is 1. The SMILES string of the molecule is CCC[C@H](O)c1cc(C)c(-c2cc3cnc(NC(=O)[C@H]4C[C@H]4F)cc3nc2C#N)cn1. The van der Waals surface area contributed by atoms with Gasteiger partial charge in [0, 0.05) is 35.0 Å². The van der Waals surface area contributed by atoms with Gasteiger partial charge in [0.05, 0.1) is 23.2 Å². The molecule has 0 bridgehead atoms. The lowest BCUT2D eigenvalue weighted by molar-refractivity contribution is -0.117. The molecule has 2 N–H and O–H groups in total. The lowest BCUT2D eigenvalue weighted by atomic mass is 9.98. The summed E-state index contributed by atoms with van der Waals surface area (Å²) < 4.78 is 13.1. The van der Waals surface area contributed by atoms with E-state index in [0.717, 1.165) is 17.5 Å². The van der Waals surface area contributed by atoms with Crippen molar-refractivity contribution in [3.63, 3.8) is 0 Å². The first-order valence-electron chi connectivity index (χ1n) is 10.2. The summed E-state index contributed by atoms with van der Waals surface area (Å²) in [6.45, 7) is 3.90. The zero-order valence-corrected chi connectivity index (χ0v) is 17.3. The van der Waals surface area contributed by atoms with E-state index in [0.29, 0.717) is 28.6 Å². The minimum atomic E-state index is -1.09. The van der Waals surface area contributed by atoms with Gasteiger partial charge in [-0.3, -0.25) is 9.78 Å². The summed E-state index contributed by atoms with van der Waals surface area (Å²) >= 11 is 0. The van der Waals surface area contributed by atoms with Crippen LogP contribution in [-0.4, -0.2) is 32.1 Å². The number of fused-ring (bicyclic) bond motifs is 1. The van der Waals surface area contributed by atoms with Gasteiger partial charge in [-0.25, -0.2) is 14.4 Å². The fraction of sp³-hybridized carbons (Fsp3) is 0.348. The molecule has 8 heteroatoms. The molecule has 0 aromatic carbocycles. The number of aliphatic hydroxyl groups is 1. The summed E-state index contributed by atoms with van der Waals surface area (Å²) in [5.74, 6) is -0.742. The van der Waals surface area contributed by atoms with Crippen LogP contribution in [0.25, 0.3) is 22.0 Å². The van der Waals surface area contributed by atoms with Crippen molar-refractivity contribution >= 4 is 22.6 Å². The molecular formula is C23H22FN5O2. The summed E-state index contributed by atoms with van der Waals surface area (Å²) in [6, 6.07) is 7.33. The smallest absolute Gasteiger partial charge is 0.231 e. The standard InChI is InChI=1S/C23H22FN5O2/c1-3-4-21(30)19-5-12(2)16(11-26-19)14-6-13-10-27-22(8-18(13)28-20(14)9-25)29-23(31)15-7-17(15)24/h5-6,8,10-11,15,17,21,30H,3-4,7H2,1-2H3,(H,27,29,31)/t15-,17+,21-/m0/s1. The van der Waals surface area contributed by atoms with E-state index >= 15 is 0 Å². The monoisotopic (exact) mass is 419 g/mol. The number of rotatable bonds is 6. The number of halogens is 1. The molecule has 1 fully saturated rings. The van der Waals surface area contributed by atoms with Crippen LogP contribution in [0, 0.1) is 24.2 Å². The second-order valence-corrected chi connectivity index (χ2v) is 7.83. The number of hydrogen-bond acceptors (Lipinski definition) is 6. The Morgan fingerprint density at radius 3 is 2.74 bits per heavy atom. The van der Waals surface area contributed by atoms with Crippen molar-refractivity contribution in [3.05, 3.63) is 47.5 Å². The molecule has 3 heterocycles.